The lowest BCUT2D eigenvalue weighted by Crippen LogP contribution is -2.49. The molecule has 6 nitrogen and oxygen atoms in total. The van der Waals surface area contributed by atoms with E-state index < -0.39 is 0 Å². The summed E-state index contributed by atoms with van der Waals surface area (Å²) in [6.45, 7) is 3.92. The molecule has 0 bridgehead atoms. The number of fused-ring (bicyclic) bond motifs is 1. The van der Waals surface area contributed by atoms with Crippen molar-refractivity contribution in [2.45, 2.75) is 25.9 Å². The molecule has 0 aliphatic carbocycles. The zero-order valence-electron chi connectivity index (χ0n) is 14.4. The number of carbonyl (C=O) groups is 1. The SMILES string of the molecule is CC1CNCCC1NC(=O)Cn1cnc2scc(-c3cccs3)c2c1=O. The number of nitrogens with one attached hydrogen (secondary N) is 2. The highest BCUT2D eigenvalue weighted by molar-refractivity contribution is 7.18. The molecule has 2 unspecified atom stereocenters. The van der Waals surface area contributed by atoms with E-state index in [-0.39, 0.29) is 24.1 Å². The van der Waals surface area contributed by atoms with Crippen LogP contribution in [0.4, 0.5) is 0 Å². The highest BCUT2D eigenvalue weighted by atomic mass is 32.1. The van der Waals surface area contributed by atoms with Gasteiger partial charge in [-0.1, -0.05) is 13.0 Å². The van der Waals surface area contributed by atoms with E-state index in [2.05, 4.69) is 22.5 Å². The van der Waals surface area contributed by atoms with Crippen LogP contribution in [-0.4, -0.2) is 34.6 Å². The molecular weight excluding hydrogens is 368 g/mol. The normalized spacial score (nSPS) is 20.3. The molecule has 0 saturated carbocycles. The fraction of sp³-hybridized carbons (Fsp3) is 0.389. The van der Waals surface area contributed by atoms with Gasteiger partial charge in [-0.15, -0.1) is 22.7 Å². The third kappa shape index (κ3) is 3.32. The number of hydrogen-bond donors (Lipinski definition) is 2. The van der Waals surface area contributed by atoms with Crippen molar-refractivity contribution in [1.29, 1.82) is 0 Å². The van der Waals surface area contributed by atoms with Crippen molar-refractivity contribution in [3.8, 4) is 10.4 Å². The van der Waals surface area contributed by atoms with Crippen molar-refractivity contribution in [3.05, 3.63) is 39.6 Å². The summed E-state index contributed by atoms with van der Waals surface area (Å²) in [5.74, 6) is 0.243. The number of piperidine rings is 1. The molecule has 4 heterocycles. The summed E-state index contributed by atoms with van der Waals surface area (Å²) < 4.78 is 1.41. The van der Waals surface area contributed by atoms with Crippen LogP contribution in [0.3, 0.4) is 0 Å². The molecule has 1 saturated heterocycles. The van der Waals surface area contributed by atoms with Gasteiger partial charge in [0.25, 0.3) is 5.56 Å². The van der Waals surface area contributed by atoms with Crippen LogP contribution < -0.4 is 16.2 Å². The van der Waals surface area contributed by atoms with Gasteiger partial charge in [0, 0.05) is 21.9 Å². The van der Waals surface area contributed by atoms with Crippen LogP contribution >= 0.6 is 22.7 Å². The number of aromatic nitrogens is 2. The molecule has 4 rings (SSSR count). The van der Waals surface area contributed by atoms with E-state index in [1.807, 2.05) is 22.9 Å². The average molecular weight is 389 g/mol. The number of hydrogen-bond acceptors (Lipinski definition) is 6. The van der Waals surface area contributed by atoms with Gasteiger partial charge in [-0.2, -0.15) is 0 Å². The van der Waals surface area contributed by atoms with Gasteiger partial charge in [-0.05, 0) is 36.9 Å². The smallest absolute Gasteiger partial charge is 0.263 e. The summed E-state index contributed by atoms with van der Waals surface area (Å²) in [7, 11) is 0. The molecule has 26 heavy (non-hydrogen) atoms. The third-order valence-corrected chi connectivity index (χ3v) is 6.58. The molecule has 2 N–H and O–H groups in total. The van der Waals surface area contributed by atoms with Gasteiger partial charge in [-0.25, -0.2) is 4.98 Å². The summed E-state index contributed by atoms with van der Waals surface area (Å²) >= 11 is 3.05. The van der Waals surface area contributed by atoms with Crippen molar-refractivity contribution >= 4 is 38.8 Å². The van der Waals surface area contributed by atoms with Crippen molar-refractivity contribution in [1.82, 2.24) is 20.2 Å². The second kappa shape index (κ2) is 7.30. The Morgan fingerprint density at radius 2 is 2.35 bits per heavy atom. The van der Waals surface area contributed by atoms with Crippen molar-refractivity contribution in [2.75, 3.05) is 13.1 Å². The van der Waals surface area contributed by atoms with E-state index in [4.69, 9.17) is 0 Å². The van der Waals surface area contributed by atoms with Crippen LogP contribution in [0, 0.1) is 5.92 Å². The Balaban J connectivity index is 1.59. The molecule has 2 atom stereocenters. The molecule has 0 aromatic carbocycles. The minimum atomic E-state index is -0.159. The van der Waals surface area contributed by atoms with Gasteiger partial charge in [0.15, 0.2) is 0 Å². The Morgan fingerprint density at radius 3 is 3.12 bits per heavy atom. The van der Waals surface area contributed by atoms with Gasteiger partial charge >= 0.3 is 0 Å². The Morgan fingerprint density at radius 1 is 1.46 bits per heavy atom. The highest BCUT2D eigenvalue weighted by Crippen LogP contribution is 2.33. The Kier molecular flexibility index (Phi) is 4.88. The predicted molar refractivity (Wildman–Crippen MR) is 106 cm³/mol. The first kappa shape index (κ1) is 17.4. The minimum Gasteiger partial charge on any atom is -0.351 e. The van der Waals surface area contributed by atoms with E-state index >= 15 is 0 Å². The van der Waals surface area contributed by atoms with Gasteiger partial charge in [-0.3, -0.25) is 14.2 Å². The van der Waals surface area contributed by atoms with Crippen molar-refractivity contribution < 1.29 is 4.79 Å². The van der Waals surface area contributed by atoms with Gasteiger partial charge < -0.3 is 10.6 Å². The van der Waals surface area contributed by atoms with E-state index in [1.165, 1.54) is 22.2 Å². The Labute approximate surface area is 158 Å². The maximum Gasteiger partial charge on any atom is 0.263 e. The van der Waals surface area contributed by atoms with Crippen LogP contribution in [0.5, 0.6) is 0 Å². The second-order valence-corrected chi connectivity index (χ2v) is 8.43. The lowest BCUT2D eigenvalue weighted by molar-refractivity contribution is -0.122. The summed E-state index contributed by atoms with van der Waals surface area (Å²) in [4.78, 5) is 31.5. The lowest BCUT2D eigenvalue weighted by atomic mass is 9.95. The van der Waals surface area contributed by atoms with E-state index in [9.17, 15) is 9.59 Å². The van der Waals surface area contributed by atoms with Crippen LogP contribution in [0.15, 0.2) is 34.0 Å². The molecule has 1 aliphatic rings. The highest BCUT2D eigenvalue weighted by Gasteiger charge is 2.23. The van der Waals surface area contributed by atoms with Crippen LogP contribution in [0.2, 0.25) is 0 Å². The summed E-state index contributed by atoms with van der Waals surface area (Å²) in [6.07, 6.45) is 2.39. The zero-order chi connectivity index (χ0) is 18.1. The summed E-state index contributed by atoms with van der Waals surface area (Å²) in [6, 6.07) is 4.11. The predicted octanol–water partition coefficient (Wildman–Crippen LogP) is 2.30. The number of thiophene rings is 2. The first-order chi connectivity index (χ1) is 12.6. The molecule has 1 aliphatic heterocycles. The first-order valence-electron chi connectivity index (χ1n) is 8.64. The quantitative estimate of drug-likeness (QED) is 0.719. The minimum absolute atomic E-state index is 0.00184. The Hall–Kier alpha value is -2.03. The first-order valence-corrected chi connectivity index (χ1v) is 10.4. The van der Waals surface area contributed by atoms with Crippen molar-refractivity contribution in [2.24, 2.45) is 5.92 Å². The summed E-state index contributed by atoms with van der Waals surface area (Å²) in [5.41, 5.74) is 0.743. The number of nitrogens with zero attached hydrogens (tertiary/aromatic N) is 2. The Bertz CT molecular complexity index is 977. The third-order valence-electron chi connectivity index (χ3n) is 4.79. The maximum atomic E-state index is 12.9. The van der Waals surface area contributed by atoms with Gasteiger partial charge in [0.1, 0.15) is 11.4 Å². The summed E-state index contributed by atoms with van der Waals surface area (Å²) in [5, 5.41) is 10.9. The van der Waals surface area contributed by atoms with Gasteiger partial charge in [0.05, 0.1) is 11.7 Å². The molecule has 8 heteroatoms. The molecule has 3 aromatic heterocycles. The van der Waals surface area contributed by atoms with Crippen LogP contribution in [-0.2, 0) is 11.3 Å². The monoisotopic (exact) mass is 388 g/mol. The fourth-order valence-corrected chi connectivity index (χ4v) is 5.05. The number of carbonyl (C=O) groups excluding carboxylic acids is 1. The van der Waals surface area contributed by atoms with Gasteiger partial charge in [0.2, 0.25) is 5.91 Å². The molecule has 1 fully saturated rings. The zero-order valence-corrected chi connectivity index (χ0v) is 16.0. The molecule has 0 radical (unpaired) electrons. The van der Waals surface area contributed by atoms with Crippen LogP contribution in [0.1, 0.15) is 13.3 Å². The average Bonchev–Trinajstić information content (AvgIpc) is 3.29. The van der Waals surface area contributed by atoms with E-state index in [0.29, 0.717) is 16.1 Å². The molecule has 0 spiro atoms. The van der Waals surface area contributed by atoms with E-state index in [0.717, 1.165) is 30.0 Å². The fourth-order valence-electron chi connectivity index (χ4n) is 3.33. The van der Waals surface area contributed by atoms with Crippen LogP contribution in [0.25, 0.3) is 20.7 Å². The number of rotatable bonds is 4. The lowest BCUT2D eigenvalue weighted by Gasteiger charge is -2.30. The van der Waals surface area contributed by atoms with Crippen molar-refractivity contribution in [3.63, 3.8) is 0 Å². The molecule has 3 aromatic rings. The standard InChI is InChI=1S/C18H20N4O2S2/c1-11-7-19-5-4-13(11)21-15(23)8-22-10-20-17-16(18(22)24)12(9-26-17)14-3-2-6-25-14/h2-3,6,9-11,13,19H,4-5,7-8H2,1H3,(H,21,23). The molecule has 136 valence electrons. The van der Waals surface area contributed by atoms with E-state index in [1.54, 1.807) is 11.3 Å². The molecule has 1 amide bonds. The second-order valence-electron chi connectivity index (χ2n) is 6.63. The topological polar surface area (TPSA) is 76.0 Å². The largest absolute Gasteiger partial charge is 0.351 e. The molecular formula is C18H20N4O2S2. The maximum absolute atomic E-state index is 12.9. The number of amides is 1.